The lowest BCUT2D eigenvalue weighted by Gasteiger charge is -2.07. The Morgan fingerprint density at radius 1 is 1.03 bits per heavy atom. The number of benzene rings is 2. The quantitative estimate of drug-likeness (QED) is 0.124. The Morgan fingerprint density at radius 2 is 1.72 bits per heavy atom. The molecule has 1 amide bonds. The molecule has 2 aromatic carbocycles. The van der Waals surface area contributed by atoms with Gasteiger partial charge in [0.2, 0.25) is 5.91 Å². The number of carbonyl (C=O) groups is 1. The molecule has 7 nitrogen and oxygen atoms in total. The predicted octanol–water partition coefficient (Wildman–Crippen LogP) is 6.56. The van der Waals surface area contributed by atoms with Crippen LogP contribution in [0.1, 0.15) is 70.3 Å². The van der Waals surface area contributed by atoms with E-state index >= 15 is 0 Å². The first kappa shape index (κ1) is 28.2. The van der Waals surface area contributed by atoms with Gasteiger partial charge in [0.05, 0.1) is 11.5 Å². The molecule has 0 aliphatic carbocycles. The summed E-state index contributed by atoms with van der Waals surface area (Å²) in [6.07, 6.45) is 12.2. The van der Waals surface area contributed by atoms with Crippen molar-refractivity contribution in [1.29, 1.82) is 0 Å². The van der Waals surface area contributed by atoms with Gasteiger partial charge in [0.25, 0.3) is 0 Å². The maximum absolute atomic E-state index is 12.5. The molecule has 1 saturated heterocycles. The molecule has 0 bridgehead atoms. The van der Waals surface area contributed by atoms with E-state index in [0.717, 1.165) is 19.3 Å². The van der Waals surface area contributed by atoms with Crippen molar-refractivity contribution >= 4 is 50.8 Å². The number of halogens is 1. The van der Waals surface area contributed by atoms with E-state index in [4.69, 9.17) is 15.8 Å². The van der Waals surface area contributed by atoms with Crippen molar-refractivity contribution in [3.63, 3.8) is 0 Å². The van der Waals surface area contributed by atoms with Crippen LogP contribution in [-0.4, -0.2) is 31.0 Å². The van der Waals surface area contributed by atoms with E-state index in [2.05, 4.69) is 22.4 Å². The highest BCUT2D eigenvalue weighted by Gasteiger charge is 2.29. The van der Waals surface area contributed by atoms with Crippen LogP contribution < -0.4 is 9.50 Å². The van der Waals surface area contributed by atoms with Crippen molar-refractivity contribution in [2.45, 2.75) is 74.9 Å². The first-order valence-electron chi connectivity index (χ1n) is 12.3. The second kappa shape index (κ2) is 14.4. The first-order chi connectivity index (χ1) is 17.4. The number of hydrogen-bond donors (Lipinski definition) is 1. The number of amides is 1. The fourth-order valence-electron chi connectivity index (χ4n) is 3.68. The molecule has 2 aromatic rings. The molecular weight excluding hydrogens is 518 g/mol. The molecule has 10 heteroatoms. The Bertz CT molecular complexity index is 1170. The van der Waals surface area contributed by atoms with Gasteiger partial charge < -0.3 is 9.50 Å². The topological polar surface area (TPSA) is 97.2 Å². The second-order valence-corrected chi connectivity index (χ2v) is 11.7. The van der Waals surface area contributed by atoms with Gasteiger partial charge >= 0.3 is 10.1 Å². The van der Waals surface area contributed by atoms with Gasteiger partial charge in [-0.15, -0.1) is 5.10 Å². The summed E-state index contributed by atoms with van der Waals surface area (Å²) in [6, 6.07) is 12.2. The largest absolute Gasteiger partial charge is 0.379 e. The Kier molecular flexibility index (Phi) is 11.3. The number of hydrogen-bond acceptors (Lipinski definition) is 7. The molecule has 0 spiro atoms. The minimum Gasteiger partial charge on any atom is -0.379 e. The molecule has 1 fully saturated rings. The average Bonchev–Trinajstić information content (AvgIpc) is 3.20. The summed E-state index contributed by atoms with van der Waals surface area (Å²) in [5.41, 5.74) is 0.605. The summed E-state index contributed by atoms with van der Waals surface area (Å²) in [6.45, 7) is 2.22. The molecule has 1 aliphatic heterocycles. The van der Waals surface area contributed by atoms with Gasteiger partial charge in [0.15, 0.2) is 5.17 Å². The van der Waals surface area contributed by atoms with Crippen LogP contribution in [0.25, 0.3) is 0 Å². The minimum absolute atomic E-state index is 0.00731. The Hall–Kier alpha value is -2.36. The smallest absolute Gasteiger partial charge is 0.339 e. The highest BCUT2D eigenvalue weighted by Crippen LogP contribution is 2.25. The monoisotopic (exact) mass is 549 g/mol. The van der Waals surface area contributed by atoms with Crippen molar-refractivity contribution in [2.24, 2.45) is 10.2 Å². The van der Waals surface area contributed by atoms with Crippen LogP contribution in [0, 0.1) is 0 Å². The summed E-state index contributed by atoms with van der Waals surface area (Å²) < 4.78 is 30.2. The molecule has 194 valence electrons. The van der Waals surface area contributed by atoms with Crippen LogP contribution in [0.5, 0.6) is 5.75 Å². The number of carbonyl (C=O) groups excluding carboxylic acids is 1. The highest BCUT2D eigenvalue weighted by atomic mass is 35.5. The van der Waals surface area contributed by atoms with Crippen LogP contribution in [0.4, 0.5) is 0 Å². The fraction of sp³-hybridized carbons (Fsp3) is 0.423. The number of thioether (sulfide) groups is 1. The summed E-state index contributed by atoms with van der Waals surface area (Å²) in [5, 5.41) is 11.7. The van der Waals surface area contributed by atoms with Crippen molar-refractivity contribution in [3.05, 3.63) is 59.1 Å². The zero-order chi connectivity index (χ0) is 25.8. The van der Waals surface area contributed by atoms with E-state index < -0.39 is 10.1 Å². The molecule has 0 aromatic heterocycles. The third kappa shape index (κ3) is 9.26. The van der Waals surface area contributed by atoms with Crippen molar-refractivity contribution < 1.29 is 17.4 Å². The molecular formula is C26H32ClN3O4S2. The lowest BCUT2D eigenvalue weighted by Crippen LogP contribution is -2.24. The minimum atomic E-state index is -3.99. The first-order valence-corrected chi connectivity index (χ1v) is 14.9. The lowest BCUT2D eigenvalue weighted by atomic mass is 10.1. The molecule has 1 heterocycles. The Morgan fingerprint density at radius 3 is 2.44 bits per heavy atom. The van der Waals surface area contributed by atoms with E-state index in [1.807, 2.05) is 0 Å². The number of unbranched alkanes of at least 4 members (excludes halogenated alkanes) is 7. The van der Waals surface area contributed by atoms with Crippen LogP contribution in [0.2, 0.25) is 5.02 Å². The number of nitrogens with zero attached hydrogens (tertiary/aromatic N) is 2. The van der Waals surface area contributed by atoms with Crippen molar-refractivity contribution in [3.8, 4) is 5.75 Å². The molecule has 0 saturated carbocycles. The number of amidine groups is 1. The molecule has 1 unspecified atom stereocenters. The van der Waals surface area contributed by atoms with E-state index in [1.54, 1.807) is 24.3 Å². The van der Waals surface area contributed by atoms with Gasteiger partial charge in [0, 0.05) is 5.02 Å². The summed E-state index contributed by atoms with van der Waals surface area (Å²) >= 11 is 7.22. The summed E-state index contributed by atoms with van der Waals surface area (Å²) in [4.78, 5) is 12.2. The molecule has 0 radical (unpaired) electrons. The number of rotatable bonds is 14. The average molecular weight is 550 g/mol. The SMILES string of the molecule is CCCCCCCCCCC1S/C(=N/N=Cc2cccc(OS(=O)(=O)c3ccc(Cl)cc3)c2)NC1=O. The fourth-order valence-corrected chi connectivity index (χ4v) is 5.70. The van der Waals surface area contributed by atoms with Crippen LogP contribution in [0.3, 0.4) is 0 Å². The predicted molar refractivity (Wildman–Crippen MR) is 147 cm³/mol. The third-order valence-corrected chi connectivity index (χ3v) is 8.27. The van der Waals surface area contributed by atoms with Crippen molar-refractivity contribution in [2.75, 3.05) is 0 Å². The van der Waals surface area contributed by atoms with Crippen LogP contribution in [0.15, 0.2) is 63.6 Å². The molecule has 1 N–H and O–H groups in total. The zero-order valence-electron chi connectivity index (χ0n) is 20.4. The Balaban J connectivity index is 1.47. The van der Waals surface area contributed by atoms with Crippen LogP contribution in [-0.2, 0) is 14.9 Å². The van der Waals surface area contributed by atoms with Crippen LogP contribution >= 0.6 is 23.4 Å². The van der Waals surface area contributed by atoms with Crippen molar-refractivity contribution in [1.82, 2.24) is 5.32 Å². The maximum atomic E-state index is 12.5. The van der Waals surface area contributed by atoms with E-state index in [1.165, 1.54) is 80.8 Å². The summed E-state index contributed by atoms with van der Waals surface area (Å²) in [5.74, 6) is 0.121. The van der Waals surface area contributed by atoms with Gasteiger partial charge in [-0.2, -0.15) is 13.5 Å². The second-order valence-electron chi connectivity index (χ2n) is 8.57. The third-order valence-electron chi connectivity index (χ3n) is 5.62. The van der Waals surface area contributed by atoms with Gasteiger partial charge in [-0.25, -0.2) is 0 Å². The van der Waals surface area contributed by atoms with Gasteiger partial charge in [0.1, 0.15) is 10.6 Å². The lowest BCUT2D eigenvalue weighted by molar-refractivity contribution is -0.118. The maximum Gasteiger partial charge on any atom is 0.339 e. The number of nitrogens with one attached hydrogen (secondary N) is 1. The van der Waals surface area contributed by atoms with E-state index in [-0.39, 0.29) is 21.8 Å². The van der Waals surface area contributed by atoms with E-state index in [0.29, 0.717) is 15.8 Å². The molecule has 1 atom stereocenters. The van der Waals surface area contributed by atoms with Gasteiger partial charge in [-0.3, -0.25) is 4.79 Å². The molecule has 3 rings (SSSR count). The highest BCUT2D eigenvalue weighted by molar-refractivity contribution is 8.15. The summed E-state index contributed by atoms with van der Waals surface area (Å²) in [7, 11) is -3.99. The van der Waals surface area contributed by atoms with Gasteiger partial charge in [-0.05, 0) is 48.4 Å². The molecule has 36 heavy (non-hydrogen) atoms. The van der Waals surface area contributed by atoms with Gasteiger partial charge in [-0.1, -0.05) is 93.8 Å². The zero-order valence-corrected chi connectivity index (χ0v) is 22.7. The van der Waals surface area contributed by atoms with E-state index in [9.17, 15) is 13.2 Å². The molecule has 1 aliphatic rings. The normalized spacial score (nSPS) is 17.1. The standard InChI is InChI=1S/C26H32ClN3O4S2/c1-2-3-4-5-6-7-8-9-13-24-25(31)29-26(35-24)30-28-19-20-11-10-12-22(18-20)34-36(32,33)23-16-14-21(27)15-17-23/h10-12,14-19,24H,2-9,13H2,1H3,(H,29,30,31). The Labute approximate surface area is 222 Å².